The van der Waals surface area contributed by atoms with Gasteiger partial charge in [-0.3, -0.25) is 13.9 Å². The molecule has 0 bridgehead atoms. The van der Waals surface area contributed by atoms with Gasteiger partial charge >= 0.3 is 0 Å². The lowest BCUT2D eigenvalue weighted by Gasteiger charge is -2.32. The van der Waals surface area contributed by atoms with Crippen molar-refractivity contribution < 1.29 is 27.5 Å². The number of anilines is 1. The van der Waals surface area contributed by atoms with Gasteiger partial charge in [-0.1, -0.05) is 40.9 Å². The monoisotopic (exact) mass is 641 g/mol. The van der Waals surface area contributed by atoms with Gasteiger partial charge in [-0.2, -0.15) is 0 Å². The van der Waals surface area contributed by atoms with E-state index in [-0.39, 0.29) is 27.9 Å². The molecule has 0 aliphatic carbocycles. The number of rotatable bonds is 12. The molecule has 13 heteroatoms. The van der Waals surface area contributed by atoms with Crippen LogP contribution in [0, 0.1) is 0 Å². The Bertz CT molecular complexity index is 1500. The first kappa shape index (κ1) is 32.3. The molecule has 1 N–H and O–H groups in total. The fraction of sp³-hybridized carbons (Fsp3) is 0.286. The van der Waals surface area contributed by atoms with Crippen LogP contribution in [0.3, 0.4) is 0 Å². The molecule has 41 heavy (non-hydrogen) atoms. The number of amides is 2. The Labute approximate surface area is 254 Å². The first-order chi connectivity index (χ1) is 19.4. The molecule has 3 rings (SSSR count). The van der Waals surface area contributed by atoms with E-state index in [2.05, 4.69) is 5.32 Å². The van der Waals surface area contributed by atoms with E-state index in [1.807, 2.05) is 0 Å². The number of halogens is 3. The zero-order valence-corrected chi connectivity index (χ0v) is 25.9. The highest BCUT2D eigenvalue weighted by molar-refractivity contribution is 7.92. The molecular formula is C28H30Cl3N3O6S. The third-order valence-electron chi connectivity index (χ3n) is 6.19. The van der Waals surface area contributed by atoms with Crippen molar-refractivity contribution in [1.29, 1.82) is 0 Å². The Morgan fingerprint density at radius 1 is 0.902 bits per heavy atom. The van der Waals surface area contributed by atoms with E-state index >= 15 is 0 Å². The molecule has 1 unspecified atom stereocenters. The van der Waals surface area contributed by atoms with Crippen molar-refractivity contribution in [2.45, 2.75) is 31.3 Å². The molecule has 1 atom stereocenters. The number of ether oxygens (including phenoxy) is 2. The number of nitrogens with one attached hydrogen (secondary N) is 1. The summed E-state index contributed by atoms with van der Waals surface area (Å²) in [6, 6.07) is 14.1. The van der Waals surface area contributed by atoms with Crippen LogP contribution >= 0.6 is 34.8 Å². The number of hydrogen-bond donors (Lipinski definition) is 1. The fourth-order valence-corrected chi connectivity index (χ4v) is 5.86. The maximum absolute atomic E-state index is 14.0. The van der Waals surface area contributed by atoms with Crippen molar-refractivity contribution in [1.82, 2.24) is 10.2 Å². The summed E-state index contributed by atoms with van der Waals surface area (Å²) in [5.74, 6) is -0.498. The number of benzene rings is 3. The first-order valence-corrected chi connectivity index (χ1v) is 15.0. The molecule has 0 aliphatic heterocycles. The maximum Gasteiger partial charge on any atom is 0.264 e. The van der Waals surface area contributed by atoms with Crippen molar-refractivity contribution in [2.75, 3.05) is 31.6 Å². The van der Waals surface area contributed by atoms with E-state index in [4.69, 9.17) is 44.3 Å². The van der Waals surface area contributed by atoms with E-state index < -0.39 is 34.4 Å². The van der Waals surface area contributed by atoms with Crippen LogP contribution in [0.15, 0.2) is 65.6 Å². The van der Waals surface area contributed by atoms with Gasteiger partial charge in [0.25, 0.3) is 10.0 Å². The van der Waals surface area contributed by atoms with Crippen LogP contribution in [0.1, 0.15) is 19.4 Å². The minimum Gasteiger partial charge on any atom is -0.493 e. The predicted molar refractivity (Wildman–Crippen MR) is 161 cm³/mol. The zero-order valence-electron chi connectivity index (χ0n) is 22.9. The highest BCUT2D eigenvalue weighted by atomic mass is 35.5. The quantitative estimate of drug-likeness (QED) is 0.283. The number of nitrogens with zero attached hydrogens (tertiary/aromatic N) is 2. The lowest BCUT2D eigenvalue weighted by Crippen LogP contribution is -2.51. The number of methoxy groups -OCH3 is 2. The minimum atomic E-state index is -4.33. The number of carbonyl (C=O) groups is 2. The number of likely N-dealkylation sites (N-methyl/N-ethyl adjacent to an activating group) is 1. The van der Waals surface area contributed by atoms with Crippen molar-refractivity contribution in [3.8, 4) is 11.5 Å². The van der Waals surface area contributed by atoms with Crippen molar-refractivity contribution in [3.63, 3.8) is 0 Å². The van der Waals surface area contributed by atoms with E-state index in [9.17, 15) is 18.0 Å². The third-order valence-corrected chi connectivity index (χ3v) is 8.95. The topological polar surface area (TPSA) is 105 Å². The lowest BCUT2D eigenvalue weighted by atomic mass is 10.1. The number of hydrogen-bond acceptors (Lipinski definition) is 6. The van der Waals surface area contributed by atoms with Gasteiger partial charge < -0.3 is 19.7 Å². The molecule has 0 saturated carbocycles. The molecule has 0 radical (unpaired) electrons. The van der Waals surface area contributed by atoms with Crippen molar-refractivity contribution in [2.24, 2.45) is 0 Å². The molecule has 0 aromatic heterocycles. The zero-order chi connectivity index (χ0) is 30.3. The van der Waals surface area contributed by atoms with Gasteiger partial charge in [0.2, 0.25) is 11.8 Å². The van der Waals surface area contributed by atoms with E-state index in [0.29, 0.717) is 27.9 Å². The molecule has 220 valence electrons. The molecule has 3 aromatic rings. The first-order valence-electron chi connectivity index (χ1n) is 12.4. The van der Waals surface area contributed by atoms with Gasteiger partial charge in [0.05, 0.1) is 34.8 Å². The van der Waals surface area contributed by atoms with Crippen LogP contribution in [-0.4, -0.2) is 58.5 Å². The van der Waals surface area contributed by atoms with Gasteiger partial charge in [0.1, 0.15) is 12.6 Å². The summed E-state index contributed by atoms with van der Waals surface area (Å²) < 4.78 is 39.5. The summed E-state index contributed by atoms with van der Waals surface area (Å²) >= 11 is 18.3. The van der Waals surface area contributed by atoms with Gasteiger partial charge in [0, 0.05) is 24.2 Å². The average Bonchev–Trinajstić information content (AvgIpc) is 2.96. The number of carbonyl (C=O) groups excluding carboxylic acids is 2. The summed E-state index contributed by atoms with van der Waals surface area (Å²) in [5, 5.41) is 3.70. The molecule has 3 aromatic carbocycles. The van der Waals surface area contributed by atoms with Gasteiger partial charge in [0.15, 0.2) is 11.5 Å². The Morgan fingerprint density at radius 3 is 2.15 bits per heavy atom. The molecule has 0 saturated heterocycles. The minimum absolute atomic E-state index is 0.0289. The largest absolute Gasteiger partial charge is 0.493 e. The van der Waals surface area contributed by atoms with Crippen molar-refractivity contribution >= 4 is 62.3 Å². The molecule has 0 heterocycles. The summed E-state index contributed by atoms with van der Waals surface area (Å²) in [4.78, 5) is 27.9. The fourth-order valence-electron chi connectivity index (χ4n) is 3.98. The smallest absolute Gasteiger partial charge is 0.264 e. The highest BCUT2D eigenvalue weighted by Gasteiger charge is 2.33. The van der Waals surface area contributed by atoms with Gasteiger partial charge in [-0.15, -0.1) is 0 Å². The molecule has 0 fully saturated rings. The lowest BCUT2D eigenvalue weighted by molar-refractivity contribution is -0.139. The van der Waals surface area contributed by atoms with Crippen LogP contribution in [0.5, 0.6) is 11.5 Å². The van der Waals surface area contributed by atoms with Gasteiger partial charge in [-0.25, -0.2) is 8.42 Å². The second-order valence-electron chi connectivity index (χ2n) is 8.85. The SMILES string of the molecule is CCNC(=O)C(C)N(Cc1ccc(Cl)c(Cl)c1)C(=O)CN(c1ccc(Cl)cc1)S(=O)(=O)c1ccc(OC)c(OC)c1. The molecule has 9 nitrogen and oxygen atoms in total. The van der Waals surface area contributed by atoms with E-state index in [0.717, 1.165) is 4.31 Å². The van der Waals surface area contributed by atoms with Crippen molar-refractivity contribution in [3.05, 3.63) is 81.3 Å². The summed E-state index contributed by atoms with van der Waals surface area (Å²) in [6.07, 6.45) is 0. The molecule has 0 spiro atoms. The third kappa shape index (κ3) is 7.77. The Morgan fingerprint density at radius 2 is 1.56 bits per heavy atom. The average molecular weight is 643 g/mol. The van der Waals surface area contributed by atoms with Crippen LogP contribution in [0.2, 0.25) is 15.1 Å². The second kappa shape index (κ2) is 14.1. The molecule has 2 amide bonds. The Kier molecular flexibility index (Phi) is 11.1. The normalized spacial score (nSPS) is 11.9. The summed E-state index contributed by atoms with van der Waals surface area (Å²) in [6.45, 7) is 3.02. The van der Waals surface area contributed by atoms with Gasteiger partial charge in [-0.05, 0) is 67.9 Å². The Hall–Kier alpha value is -3.18. The van der Waals surface area contributed by atoms with E-state index in [1.54, 1.807) is 32.0 Å². The predicted octanol–water partition coefficient (Wildman–Crippen LogP) is 5.41. The highest BCUT2D eigenvalue weighted by Crippen LogP contribution is 2.33. The standard InChI is InChI=1S/C28H30Cl3N3O6S/c1-5-32-28(36)18(2)33(16-19-6-12-23(30)24(31)14-19)27(35)17-34(21-9-7-20(29)8-10-21)41(37,38)22-11-13-25(39-3)26(15-22)40-4/h6-15,18H,5,16-17H2,1-4H3,(H,32,36). The van der Waals surface area contributed by atoms with Crippen LogP contribution in [0.25, 0.3) is 0 Å². The maximum atomic E-state index is 14.0. The van der Waals surface area contributed by atoms with Crippen LogP contribution in [-0.2, 0) is 26.2 Å². The van der Waals surface area contributed by atoms with E-state index in [1.165, 1.54) is 61.6 Å². The number of sulfonamides is 1. The van der Waals surface area contributed by atoms with Crippen LogP contribution in [0.4, 0.5) is 5.69 Å². The summed E-state index contributed by atoms with van der Waals surface area (Å²) in [5.41, 5.74) is 0.794. The molecule has 0 aliphatic rings. The summed E-state index contributed by atoms with van der Waals surface area (Å²) in [7, 11) is -1.51. The molecular weight excluding hydrogens is 613 g/mol. The van der Waals surface area contributed by atoms with Crippen LogP contribution < -0.4 is 19.1 Å². The Balaban J connectivity index is 2.07. The second-order valence-corrected chi connectivity index (χ2v) is 12.0.